The van der Waals surface area contributed by atoms with Gasteiger partial charge >= 0.3 is 6.09 Å². The second kappa shape index (κ2) is 7.75. The van der Waals surface area contributed by atoms with Crippen LogP contribution in [0.4, 0.5) is 10.5 Å². The molecule has 2 heterocycles. The van der Waals surface area contributed by atoms with Crippen LogP contribution >= 0.6 is 0 Å². The number of nitrogens with zero attached hydrogens (tertiary/aromatic N) is 2. The van der Waals surface area contributed by atoms with Gasteiger partial charge in [0, 0.05) is 25.2 Å². The first-order chi connectivity index (χ1) is 14.0. The molecule has 0 saturated carbocycles. The van der Waals surface area contributed by atoms with Crippen molar-refractivity contribution < 1.29 is 23.9 Å². The zero-order valence-corrected chi connectivity index (χ0v) is 15.6. The summed E-state index contributed by atoms with van der Waals surface area (Å²) in [5.41, 5.74) is 2.28. The molecule has 2 aromatic carbocycles. The van der Waals surface area contributed by atoms with Crippen molar-refractivity contribution in [3.05, 3.63) is 65.2 Å². The Hall–Kier alpha value is -3.68. The number of carbonyl (C=O) groups excluding carboxylic acids is 4. The Morgan fingerprint density at radius 1 is 1.00 bits per heavy atom. The van der Waals surface area contributed by atoms with E-state index in [4.69, 9.17) is 4.74 Å². The number of imide groups is 1. The lowest BCUT2D eigenvalue weighted by molar-refractivity contribution is -0.121. The smallest absolute Gasteiger partial charge is 0.414 e. The summed E-state index contributed by atoms with van der Waals surface area (Å²) < 4.78 is 4.94. The van der Waals surface area contributed by atoms with Crippen molar-refractivity contribution in [3.8, 4) is 0 Å². The number of fused-ring (bicyclic) bond motifs is 1. The van der Waals surface area contributed by atoms with Crippen LogP contribution < -0.4 is 10.2 Å². The number of hydrogen-bond donors (Lipinski definition) is 1. The van der Waals surface area contributed by atoms with Gasteiger partial charge in [-0.05, 0) is 29.8 Å². The highest BCUT2D eigenvalue weighted by Crippen LogP contribution is 2.22. The third kappa shape index (κ3) is 3.69. The van der Waals surface area contributed by atoms with Gasteiger partial charge in [-0.1, -0.05) is 24.3 Å². The van der Waals surface area contributed by atoms with Crippen molar-refractivity contribution in [3.63, 3.8) is 0 Å². The molecule has 0 bridgehead atoms. The average molecular weight is 393 g/mol. The van der Waals surface area contributed by atoms with E-state index in [1.165, 1.54) is 4.90 Å². The zero-order chi connectivity index (χ0) is 20.4. The summed E-state index contributed by atoms with van der Waals surface area (Å²) >= 11 is 0. The van der Waals surface area contributed by atoms with Gasteiger partial charge in [-0.25, -0.2) is 4.79 Å². The summed E-state index contributed by atoms with van der Waals surface area (Å²) in [6.45, 7) is 1.15. The minimum atomic E-state index is -0.382. The summed E-state index contributed by atoms with van der Waals surface area (Å²) in [4.78, 5) is 51.2. The van der Waals surface area contributed by atoms with E-state index in [9.17, 15) is 19.2 Å². The van der Waals surface area contributed by atoms with Crippen LogP contribution in [0.5, 0.6) is 0 Å². The largest absolute Gasteiger partial charge is 0.447 e. The van der Waals surface area contributed by atoms with Crippen molar-refractivity contribution in [2.45, 2.75) is 13.0 Å². The summed E-state index contributed by atoms with van der Waals surface area (Å²) in [6, 6.07) is 13.9. The van der Waals surface area contributed by atoms with E-state index in [-0.39, 0.29) is 43.3 Å². The van der Waals surface area contributed by atoms with E-state index >= 15 is 0 Å². The lowest BCUT2D eigenvalue weighted by Crippen LogP contribution is -2.34. The number of nitrogens with one attached hydrogen (secondary N) is 1. The fraction of sp³-hybridized carbons (Fsp3) is 0.238. The van der Waals surface area contributed by atoms with Crippen molar-refractivity contribution in [2.24, 2.45) is 0 Å². The first-order valence-electron chi connectivity index (χ1n) is 9.30. The van der Waals surface area contributed by atoms with E-state index in [0.29, 0.717) is 30.0 Å². The number of carbonyl (C=O) groups is 4. The highest BCUT2D eigenvalue weighted by Gasteiger charge is 2.34. The third-order valence-electron chi connectivity index (χ3n) is 4.91. The fourth-order valence-electron chi connectivity index (χ4n) is 3.41. The predicted molar refractivity (Wildman–Crippen MR) is 103 cm³/mol. The SMILES string of the molecule is O=C(CCN1C(=O)c2ccccc2C1=O)NCc1cccc(N2CCOC2=O)c1. The van der Waals surface area contributed by atoms with Gasteiger partial charge in [0.2, 0.25) is 5.91 Å². The van der Waals surface area contributed by atoms with Gasteiger partial charge in [-0.2, -0.15) is 0 Å². The molecule has 29 heavy (non-hydrogen) atoms. The first kappa shape index (κ1) is 18.7. The first-order valence-corrected chi connectivity index (χ1v) is 9.30. The topological polar surface area (TPSA) is 96.0 Å². The summed E-state index contributed by atoms with van der Waals surface area (Å²) in [5, 5.41) is 2.78. The molecule has 2 aromatic rings. The number of amides is 4. The maximum absolute atomic E-state index is 12.3. The lowest BCUT2D eigenvalue weighted by atomic mass is 10.1. The summed E-state index contributed by atoms with van der Waals surface area (Å²) in [5.74, 6) is -1.01. The molecule has 4 rings (SSSR count). The van der Waals surface area contributed by atoms with Crippen molar-refractivity contribution in [1.29, 1.82) is 0 Å². The van der Waals surface area contributed by atoms with Crippen LogP contribution in [0.2, 0.25) is 0 Å². The molecule has 0 aromatic heterocycles. The molecular formula is C21H19N3O5. The van der Waals surface area contributed by atoms with Gasteiger partial charge in [0.25, 0.3) is 11.8 Å². The second-order valence-electron chi connectivity index (χ2n) is 6.77. The average Bonchev–Trinajstić information content (AvgIpc) is 3.27. The molecule has 2 aliphatic rings. The van der Waals surface area contributed by atoms with Crippen LogP contribution in [0, 0.1) is 0 Å². The second-order valence-corrected chi connectivity index (χ2v) is 6.77. The van der Waals surface area contributed by atoms with E-state index in [2.05, 4.69) is 5.32 Å². The van der Waals surface area contributed by atoms with Crippen LogP contribution in [-0.4, -0.2) is 48.4 Å². The number of ether oxygens (including phenoxy) is 1. The third-order valence-corrected chi connectivity index (χ3v) is 4.91. The Bertz CT molecular complexity index is 968. The molecule has 2 aliphatic heterocycles. The molecule has 148 valence electrons. The maximum atomic E-state index is 12.3. The van der Waals surface area contributed by atoms with Crippen molar-refractivity contribution in [2.75, 3.05) is 24.6 Å². The summed E-state index contributed by atoms with van der Waals surface area (Å²) in [7, 11) is 0. The number of rotatable bonds is 6. The van der Waals surface area contributed by atoms with Gasteiger partial charge in [0.15, 0.2) is 0 Å². The minimum absolute atomic E-state index is 0.0175. The molecule has 8 heteroatoms. The van der Waals surface area contributed by atoms with Crippen molar-refractivity contribution in [1.82, 2.24) is 10.2 Å². The predicted octanol–water partition coefficient (Wildman–Crippen LogP) is 1.95. The van der Waals surface area contributed by atoms with Gasteiger partial charge in [0.05, 0.1) is 17.7 Å². The molecule has 0 aliphatic carbocycles. The van der Waals surface area contributed by atoms with E-state index in [1.54, 1.807) is 36.4 Å². The number of hydrogen-bond acceptors (Lipinski definition) is 5. The molecule has 1 N–H and O–H groups in total. The number of anilines is 1. The Morgan fingerprint density at radius 3 is 2.38 bits per heavy atom. The number of benzene rings is 2. The molecular weight excluding hydrogens is 374 g/mol. The quantitative estimate of drug-likeness (QED) is 0.757. The Labute approximate surface area is 167 Å². The minimum Gasteiger partial charge on any atom is -0.447 e. The van der Waals surface area contributed by atoms with E-state index < -0.39 is 0 Å². The Balaban J connectivity index is 1.31. The Kier molecular flexibility index (Phi) is 4.99. The van der Waals surface area contributed by atoms with Crippen LogP contribution in [-0.2, 0) is 16.1 Å². The fourth-order valence-corrected chi connectivity index (χ4v) is 3.41. The van der Waals surface area contributed by atoms with Gasteiger partial charge in [-0.15, -0.1) is 0 Å². The molecule has 0 radical (unpaired) electrons. The molecule has 0 spiro atoms. The van der Waals surface area contributed by atoms with Gasteiger partial charge in [-0.3, -0.25) is 24.2 Å². The molecule has 0 unspecified atom stereocenters. The molecule has 1 saturated heterocycles. The van der Waals surface area contributed by atoms with E-state index in [0.717, 1.165) is 10.5 Å². The summed E-state index contributed by atoms with van der Waals surface area (Å²) in [6.07, 6.45) is -0.365. The molecule has 8 nitrogen and oxygen atoms in total. The van der Waals surface area contributed by atoms with Crippen LogP contribution in [0.3, 0.4) is 0 Å². The van der Waals surface area contributed by atoms with Crippen LogP contribution in [0.1, 0.15) is 32.7 Å². The molecule has 4 amide bonds. The van der Waals surface area contributed by atoms with Crippen molar-refractivity contribution >= 4 is 29.5 Å². The molecule has 0 atom stereocenters. The standard InChI is InChI=1S/C21H19N3O5/c25-18(8-9-24-19(26)16-6-1-2-7-17(16)20(24)27)22-13-14-4-3-5-15(12-14)23-10-11-29-21(23)28/h1-7,12H,8-11,13H2,(H,22,25). The lowest BCUT2D eigenvalue weighted by Gasteiger charge is -2.15. The highest BCUT2D eigenvalue weighted by atomic mass is 16.6. The highest BCUT2D eigenvalue weighted by molar-refractivity contribution is 6.21. The number of cyclic esters (lactones) is 1. The normalized spacial score (nSPS) is 15.5. The zero-order valence-electron chi connectivity index (χ0n) is 15.6. The van der Waals surface area contributed by atoms with E-state index in [1.807, 2.05) is 12.1 Å². The maximum Gasteiger partial charge on any atom is 0.414 e. The Morgan fingerprint density at radius 2 is 1.72 bits per heavy atom. The van der Waals surface area contributed by atoms with Crippen LogP contribution in [0.15, 0.2) is 48.5 Å². The van der Waals surface area contributed by atoms with Gasteiger partial charge < -0.3 is 10.1 Å². The van der Waals surface area contributed by atoms with Crippen LogP contribution in [0.25, 0.3) is 0 Å². The molecule has 1 fully saturated rings. The monoisotopic (exact) mass is 393 g/mol. The van der Waals surface area contributed by atoms with Gasteiger partial charge in [0.1, 0.15) is 6.61 Å².